The first-order valence-corrected chi connectivity index (χ1v) is 4.96. The van der Waals surface area contributed by atoms with Crippen molar-refractivity contribution in [3.05, 3.63) is 23.9 Å². The molecule has 0 aliphatic carbocycles. The summed E-state index contributed by atoms with van der Waals surface area (Å²) in [7, 11) is 1.64. The molecule has 0 saturated carbocycles. The van der Waals surface area contributed by atoms with Crippen LogP contribution in [0.25, 0.3) is 0 Å². The number of anilines is 1. The van der Waals surface area contributed by atoms with Crippen LogP contribution in [0.15, 0.2) is 18.2 Å². The van der Waals surface area contributed by atoms with E-state index in [4.69, 9.17) is 16.3 Å². The molecule has 1 heterocycles. The molecule has 0 bridgehead atoms. The number of halogens is 1. The molecule has 4 heteroatoms. The summed E-state index contributed by atoms with van der Waals surface area (Å²) in [6.07, 6.45) is 0. The predicted octanol–water partition coefficient (Wildman–Crippen LogP) is 2.06. The summed E-state index contributed by atoms with van der Waals surface area (Å²) in [4.78, 5) is 4.29. The van der Waals surface area contributed by atoms with Crippen molar-refractivity contribution in [3.63, 3.8) is 0 Å². The van der Waals surface area contributed by atoms with Gasteiger partial charge in [0.1, 0.15) is 5.82 Å². The molecule has 0 amide bonds. The zero-order valence-electron chi connectivity index (χ0n) is 8.46. The van der Waals surface area contributed by atoms with Gasteiger partial charge in [-0.2, -0.15) is 0 Å². The van der Waals surface area contributed by atoms with E-state index in [1.54, 1.807) is 7.11 Å². The number of pyridine rings is 1. The van der Waals surface area contributed by atoms with Crippen molar-refractivity contribution in [3.8, 4) is 0 Å². The Balaban J connectivity index is 2.37. The van der Waals surface area contributed by atoms with Crippen molar-refractivity contribution in [2.24, 2.45) is 0 Å². The number of hydrogen-bond acceptors (Lipinski definition) is 3. The molecule has 14 heavy (non-hydrogen) atoms. The number of alkyl halides is 1. The number of hydrogen-bond donors (Lipinski definition) is 1. The Bertz CT molecular complexity index is 281. The maximum atomic E-state index is 5.96. The third-order valence-electron chi connectivity index (χ3n) is 1.74. The van der Waals surface area contributed by atoms with Gasteiger partial charge in [-0.1, -0.05) is 6.07 Å². The van der Waals surface area contributed by atoms with E-state index >= 15 is 0 Å². The first-order chi connectivity index (χ1) is 6.72. The lowest BCUT2D eigenvalue weighted by Crippen LogP contribution is -2.19. The Hall–Kier alpha value is -0.800. The minimum atomic E-state index is -0.0256. The van der Waals surface area contributed by atoms with Gasteiger partial charge in [-0.25, -0.2) is 4.98 Å². The highest BCUT2D eigenvalue weighted by molar-refractivity contribution is 6.21. The predicted molar refractivity (Wildman–Crippen MR) is 59.0 cm³/mol. The summed E-state index contributed by atoms with van der Waals surface area (Å²) in [5.41, 5.74) is 0.993. The molecule has 0 spiro atoms. The summed E-state index contributed by atoms with van der Waals surface area (Å²) in [6, 6.07) is 5.84. The van der Waals surface area contributed by atoms with Gasteiger partial charge in [-0.05, 0) is 19.1 Å². The van der Waals surface area contributed by atoms with E-state index in [-0.39, 0.29) is 5.38 Å². The maximum Gasteiger partial charge on any atom is 0.126 e. The van der Waals surface area contributed by atoms with Crippen molar-refractivity contribution in [1.29, 1.82) is 0 Å². The van der Waals surface area contributed by atoms with Crippen LogP contribution in [0.1, 0.15) is 5.69 Å². The molecule has 0 aliphatic rings. The van der Waals surface area contributed by atoms with E-state index < -0.39 is 0 Å². The van der Waals surface area contributed by atoms with E-state index in [2.05, 4.69) is 10.3 Å². The first-order valence-electron chi connectivity index (χ1n) is 4.53. The van der Waals surface area contributed by atoms with Crippen molar-refractivity contribution in [2.75, 3.05) is 25.6 Å². The molecular weight excluding hydrogens is 200 g/mol. The largest absolute Gasteiger partial charge is 0.383 e. The molecule has 1 aromatic heterocycles. The fourth-order valence-electron chi connectivity index (χ4n) is 1.10. The summed E-state index contributed by atoms with van der Waals surface area (Å²) in [5, 5.41) is 3.12. The topological polar surface area (TPSA) is 34.1 Å². The molecule has 78 valence electrons. The van der Waals surface area contributed by atoms with E-state index in [1.165, 1.54) is 0 Å². The fourth-order valence-corrected chi connectivity index (χ4v) is 1.30. The van der Waals surface area contributed by atoms with E-state index in [0.29, 0.717) is 13.2 Å². The Labute approximate surface area is 89.4 Å². The lowest BCUT2D eigenvalue weighted by molar-refractivity contribution is 0.200. The van der Waals surface area contributed by atoms with Gasteiger partial charge in [0.15, 0.2) is 0 Å². The van der Waals surface area contributed by atoms with Crippen molar-refractivity contribution >= 4 is 17.4 Å². The van der Waals surface area contributed by atoms with Gasteiger partial charge in [0.25, 0.3) is 0 Å². The number of aryl methyl sites for hydroxylation is 1. The van der Waals surface area contributed by atoms with Crippen LogP contribution in [0.3, 0.4) is 0 Å². The van der Waals surface area contributed by atoms with Crippen LogP contribution in [0.5, 0.6) is 0 Å². The van der Waals surface area contributed by atoms with Crippen LogP contribution in [0, 0.1) is 6.92 Å². The molecule has 0 radical (unpaired) electrons. The number of methoxy groups -OCH3 is 1. The van der Waals surface area contributed by atoms with Gasteiger partial charge in [-0.3, -0.25) is 0 Å². The highest BCUT2D eigenvalue weighted by Crippen LogP contribution is 2.05. The van der Waals surface area contributed by atoms with Gasteiger partial charge in [0.05, 0.1) is 12.0 Å². The molecule has 1 unspecified atom stereocenters. The standard InChI is InChI=1S/C10H15ClN2O/c1-8-4-3-5-10(13-8)12-6-9(11)7-14-2/h3-5,9H,6-7H2,1-2H3,(H,12,13). The number of ether oxygens (including phenoxy) is 1. The third kappa shape index (κ3) is 3.94. The SMILES string of the molecule is COCC(Cl)CNc1cccc(C)n1. The molecule has 1 atom stereocenters. The van der Waals surface area contributed by atoms with Crippen LogP contribution >= 0.6 is 11.6 Å². The Morgan fingerprint density at radius 2 is 2.36 bits per heavy atom. The number of nitrogens with zero attached hydrogens (tertiary/aromatic N) is 1. The van der Waals surface area contributed by atoms with Crippen LogP contribution in [0.4, 0.5) is 5.82 Å². The average molecular weight is 215 g/mol. The maximum absolute atomic E-state index is 5.96. The van der Waals surface area contributed by atoms with Gasteiger partial charge in [0, 0.05) is 19.3 Å². The smallest absolute Gasteiger partial charge is 0.126 e. The van der Waals surface area contributed by atoms with Crippen molar-refractivity contribution in [2.45, 2.75) is 12.3 Å². The second-order valence-electron chi connectivity index (χ2n) is 3.10. The van der Waals surface area contributed by atoms with Crippen LogP contribution in [-0.2, 0) is 4.74 Å². The summed E-state index contributed by atoms with van der Waals surface area (Å²) < 4.78 is 4.92. The molecule has 1 N–H and O–H groups in total. The fraction of sp³-hybridized carbons (Fsp3) is 0.500. The lowest BCUT2D eigenvalue weighted by atomic mass is 10.3. The monoisotopic (exact) mass is 214 g/mol. The van der Waals surface area contributed by atoms with Gasteiger partial charge in [-0.15, -0.1) is 11.6 Å². The Kier molecular flexibility index (Phi) is 4.70. The minimum Gasteiger partial charge on any atom is -0.383 e. The molecular formula is C10H15ClN2O. The Morgan fingerprint density at radius 3 is 3.00 bits per heavy atom. The normalized spacial score (nSPS) is 12.5. The summed E-state index contributed by atoms with van der Waals surface area (Å²) in [6.45, 7) is 3.16. The molecule has 1 aromatic rings. The van der Waals surface area contributed by atoms with Gasteiger partial charge >= 0.3 is 0 Å². The molecule has 0 aromatic carbocycles. The van der Waals surface area contributed by atoms with E-state index in [9.17, 15) is 0 Å². The first kappa shape index (κ1) is 11.3. The van der Waals surface area contributed by atoms with Crippen LogP contribution < -0.4 is 5.32 Å². The highest BCUT2D eigenvalue weighted by atomic mass is 35.5. The zero-order valence-corrected chi connectivity index (χ0v) is 9.21. The quantitative estimate of drug-likeness (QED) is 0.762. The molecule has 0 fully saturated rings. The van der Waals surface area contributed by atoms with Crippen molar-refractivity contribution in [1.82, 2.24) is 4.98 Å². The Morgan fingerprint density at radius 1 is 1.57 bits per heavy atom. The number of aromatic nitrogens is 1. The number of nitrogens with one attached hydrogen (secondary N) is 1. The third-order valence-corrected chi connectivity index (χ3v) is 2.02. The molecule has 1 rings (SSSR count). The second-order valence-corrected chi connectivity index (χ2v) is 3.71. The molecule has 3 nitrogen and oxygen atoms in total. The van der Waals surface area contributed by atoms with E-state index in [0.717, 1.165) is 11.5 Å². The number of rotatable bonds is 5. The molecule has 0 aliphatic heterocycles. The van der Waals surface area contributed by atoms with Crippen LogP contribution in [0.2, 0.25) is 0 Å². The van der Waals surface area contributed by atoms with Crippen molar-refractivity contribution < 1.29 is 4.74 Å². The van der Waals surface area contributed by atoms with Crippen LogP contribution in [-0.4, -0.2) is 30.6 Å². The highest BCUT2D eigenvalue weighted by Gasteiger charge is 2.03. The summed E-state index contributed by atoms with van der Waals surface area (Å²) in [5.74, 6) is 0.853. The lowest BCUT2D eigenvalue weighted by Gasteiger charge is -2.10. The average Bonchev–Trinajstić information content (AvgIpc) is 2.15. The van der Waals surface area contributed by atoms with E-state index in [1.807, 2.05) is 25.1 Å². The minimum absolute atomic E-state index is 0.0256. The second kappa shape index (κ2) is 5.83. The summed E-state index contributed by atoms with van der Waals surface area (Å²) >= 11 is 5.96. The van der Waals surface area contributed by atoms with Gasteiger partial charge < -0.3 is 10.1 Å². The van der Waals surface area contributed by atoms with Gasteiger partial charge in [0.2, 0.25) is 0 Å². The zero-order chi connectivity index (χ0) is 10.4. The molecule has 0 saturated heterocycles.